The number of anilines is 1. The molecule has 0 aromatic carbocycles. The van der Waals surface area contributed by atoms with Gasteiger partial charge in [-0.05, 0) is 45.1 Å². The van der Waals surface area contributed by atoms with Crippen molar-refractivity contribution in [2.75, 3.05) is 11.9 Å². The molecule has 23 heavy (non-hydrogen) atoms. The molecule has 0 spiro atoms. The number of aliphatic carboxylic acids is 1. The van der Waals surface area contributed by atoms with Crippen LogP contribution in [0.5, 0.6) is 0 Å². The Kier molecular flexibility index (Phi) is 4.25. The van der Waals surface area contributed by atoms with E-state index in [4.69, 9.17) is 5.11 Å². The zero-order valence-electron chi connectivity index (χ0n) is 13.3. The van der Waals surface area contributed by atoms with Crippen LogP contribution >= 0.6 is 11.3 Å². The van der Waals surface area contributed by atoms with E-state index in [1.54, 1.807) is 11.3 Å². The molecular formula is C16H21N3O3S. The summed E-state index contributed by atoms with van der Waals surface area (Å²) in [6.45, 7) is 3.01. The molecule has 7 heteroatoms. The summed E-state index contributed by atoms with van der Waals surface area (Å²) in [5, 5.41) is 23.0. The number of hydrogen-bond donors (Lipinski definition) is 3. The van der Waals surface area contributed by atoms with Gasteiger partial charge in [-0.15, -0.1) is 11.3 Å². The number of thiophene rings is 1. The number of aryl methyl sites for hydroxylation is 3. The van der Waals surface area contributed by atoms with E-state index in [1.807, 2.05) is 6.92 Å². The minimum absolute atomic E-state index is 0.0987. The van der Waals surface area contributed by atoms with E-state index in [1.165, 1.54) is 30.2 Å². The van der Waals surface area contributed by atoms with Crippen LogP contribution in [0.2, 0.25) is 0 Å². The molecule has 2 aromatic heterocycles. The lowest BCUT2D eigenvalue weighted by molar-refractivity contribution is -0.155. The first kappa shape index (κ1) is 16.1. The van der Waals surface area contributed by atoms with Gasteiger partial charge < -0.3 is 15.5 Å². The van der Waals surface area contributed by atoms with Gasteiger partial charge in [0.05, 0.1) is 11.9 Å². The third-order valence-electron chi connectivity index (χ3n) is 4.24. The Bertz CT molecular complexity index is 755. The SMILES string of the molecule is Cc1nc(NCC(C)(O)C(=O)O)c2c3c(sc2n1)CCCCC3. The quantitative estimate of drug-likeness (QED) is 0.743. The molecule has 0 saturated carbocycles. The maximum Gasteiger partial charge on any atom is 0.337 e. The van der Waals surface area contributed by atoms with Crippen molar-refractivity contribution in [3.8, 4) is 0 Å². The van der Waals surface area contributed by atoms with Gasteiger partial charge in [-0.2, -0.15) is 0 Å². The van der Waals surface area contributed by atoms with Gasteiger partial charge in [0, 0.05) is 4.88 Å². The number of carboxylic acid groups (broad SMARTS) is 1. The molecule has 1 unspecified atom stereocenters. The molecule has 0 saturated heterocycles. The van der Waals surface area contributed by atoms with Crippen molar-refractivity contribution in [1.29, 1.82) is 0 Å². The second-order valence-corrected chi connectivity index (χ2v) is 7.38. The largest absolute Gasteiger partial charge is 0.479 e. The first-order chi connectivity index (χ1) is 10.9. The lowest BCUT2D eigenvalue weighted by atomic mass is 10.1. The van der Waals surface area contributed by atoms with Crippen LogP contribution in [0.1, 0.15) is 42.5 Å². The Morgan fingerprint density at radius 1 is 1.30 bits per heavy atom. The molecule has 2 aromatic rings. The number of carboxylic acids is 1. The van der Waals surface area contributed by atoms with Crippen LogP contribution in [0.4, 0.5) is 5.82 Å². The average Bonchev–Trinajstić information content (AvgIpc) is 2.66. The van der Waals surface area contributed by atoms with Gasteiger partial charge in [-0.3, -0.25) is 0 Å². The lowest BCUT2D eigenvalue weighted by Crippen LogP contribution is -2.42. The highest BCUT2D eigenvalue weighted by Crippen LogP contribution is 2.38. The number of nitrogens with one attached hydrogen (secondary N) is 1. The highest BCUT2D eigenvalue weighted by atomic mass is 32.1. The van der Waals surface area contributed by atoms with Crippen molar-refractivity contribution in [2.24, 2.45) is 0 Å². The van der Waals surface area contributed by atoms with E-state index in [0.29, 0.717) is 11.6 Å². The van der Waals surface area contributed by atoms with Gasteiger partial charge in [0.15, 0.2) is 5.60 Å². The monoisotopic (exact) mass is 335 g/mol. The van der Waals surface area contributed by atoms with Crippen LogP contribution < -0.4 is 5.32 Å². The highest BCUT2D eigenvalue weighted by molar-refractivity contribution is 7.19. The van der Waals surface area contributed by atoms with Gasteiger partial charge in [-0.25, -0.2) is 14.8 Å². The summed E-state index contributed by atoms with van der Waals surface area (Å²) in [6.07, 6.45) is 5.65. The first-order valence-electron chi connectivity index (χ1n) is 7.87. The van der Waals surface area contributed by atoms with E-state index in [9.17, 15) is 9.90 Å². The summed E-state index contributed by atoms with van der Waals surface area (Å²) in [5.41, 5.74) is -0.544. The topological polar surface area (TPSA) is 95.3 Å². The summed E-state index contributed by atoms with van der Waals surface area (Å²) in [4.78, 5) is 22.4. The second-order valence-electron chi connectivity index (χ2n) is 6.30. The zero-order chi connectivity index (χ0) is 16.6. The van der Waals surface area contributed by atoms with E-state index >= 15 is 0 Å². The highest BCUT2D eigenvalue weighted by Gasteiger charge is 2.30. The second kappa shape index (κ2) is 6.05. The molecule has 0 radical (unpaired) electrons. The Labute approximate surface area is 138 Å². The average molecular weight is 335 g/mol. The molecule has 124 valence electrons. The van der Waals surface area contributed by atoms with Crippen molar-refractivity contribution in [3.05, 3.63) is 16.3 Å². The van der Waals surface area contributed by atoms with Gasteiger partial charge >= 0.3 is 5.97 Å². The van der Waals surface area contributed by atoms with Crippen molar-refractivity contribution in [2.45, 2.75) is 51.6 Å². The zero-order valence-corrected chi connectivity index (χ0v) is 14.2. The molecule has 6 nitrogen and oxygen atoms in total. The predicted molar refractivity (Wildman–Crippen MR) is 90.2 cm³/mol. The summed E-state index contributed by atoms with van der Waals surface area (Å²) in [6, 6.07) is 0. The fourth-order valence-electron chi connectivity index (χ4n) is 2.90. The molecule has 0 aliphatic heterocycles. The first-order valence-corrected chi connectivity index (χ1v) is 8.68. The fourth-order valence-corrected chi connectivity index (χ4v) is 4.21. The summed E-state index contributed by atoms with van der Waals surface area (Å²) < 4.78 is 0. The maximum atomic E-state index is 11.1. The van der Waals surface area contributed by atoms with Crippen LogP contribution in [0.3, 0.4) is 0 Å². The molecule has 1 aliphatic rings. The number of hydrogen-bond acceptors (Lipinski definition) is 6. The Hall–Kier alpha value is -1.73. The van der Waals surface area contributed by atoms with Gasteiger partial charge in [-0.1, -0.05) is 6.42 Å². The predicted octanol–water partition coefficient (Wildman–Crippen LogP) is 2.52. The minimum Gasteiger partial charge on any atom is -0.479 e. The molecule has 3 rings (SSSR count). The van der Waals surface area contributed by atoms with E-state index in [2.05, 4.69) is 15.3 Å². The van der Waals surface area contributed by atoms with Gasteiger partial charge in [0.2, 0.25) is 0 Å². The molecular weight excluding hydrogens is 314 g/mol. The molecule has 1 aliphatic carbocycles. The fraction of sp³-hybridized carbons (Fsp3) is 0.562. The van der Waals surface area contributed by atoms with Crippen molar-refractivity contribution in [3.63, 3.8) is 0 Å². The number of rotatable bonds is 4. The van der Waals surface area contributed by atoms with Crippen LogP contribution in [0, 0.1) is 6.92 Å². The Morgan fingerprint density at radius 2 is 2.04 bits per heavy atom. The smallest absolute Gasteiger partial charge is 0.337 e. The Balaban J connectivity index is 2.02. The third-order valence-corrected chi connectivity index (χ3v) is 5.42. The van der Waals surface area contributed by atoms with Gasteiger partial charge in [0.25, 0.3) is 0 Å². The number of aromatic nitrogens is 2. The molecule has 0 bridgehead atoms. The van der Waals surface area contributed by atoms with Gasteiger partial charge in [0.1, 0.15) is 16.5 Å². The summed E-state index contributed by atoms with van der Waals surface area (Å²) in [7, 11) is 0. The number of fused-ring (bicyclic) bond motifs is 3. The molecule has 1 atom stereocenters. The van der Waals surface area contributed by atoms with Crippen LogP contribution in [-0.2, 0) is 17.6 Å². The summed E-state index contributed by atoms with van der Waals surface area (Å²) >= 11 is 1.71. The van der Waals surface area contributed by atoms with Crippen LogP contribution in [-0.4, -0.2) is 38.3 Å². The van der Waals surface area contributed by atoms with Crippen molar-refractivity contribution in [1.82, 2.24) is 9.97 Å². The van der Waals surface area contributed by atoms with E-state index < -0.39 is 11.6 Å². The number of carbonyl (C=O) groups is 1. The van der Waals surface area contributed by atoms with Crippen molar-refractivity contribution < 1.29 is 15.0 Å². The number of aliphatic hydroxyl groups is 1. The van der Waals surface area contributed by atoms with E-state index in [-0.39, 0.29) is 6.54 Å². The number of nitrogens with zero attached hydrogens (tertiary/aromatic N) is 2. The standard InChI is InChI=1S/C16H21N3O3S/c1-9-18-13(17-8-16(2,22)15(20)21)12-10-6-4-3-5-7-11(10)23-14(12)19-9/h22H,3-8H2,1-2H3,(H,20,21)(H,17,18,19). The Morgan fingerprint density at radius 3 is 2.78 bits per heavy atom. The molecule has 2 heterocycles. The molecule has 0 amide bonds. The van der Waals surface area contributed by atoms with Crippen molar-refractivity contribution >= 4 is 33.3 Å². The van der Waals surface area contributed by atoms with Crippen LogP contribution in [0.25, 0.3) is 10.2 Å². The normalized spacial score (nSPS) is 17.3. The molecule has 3 N–H and O–H groups in total. The van der Waals surface area contributed by atoms with E-state index in [0.717, 1.165) is 29.5 Å². The maximum absolute atomic E-state index is 11.1. The van der Waals surface area contributed by atoms with Crippen LogP contribution in [0.15, 0.2) is 0 Å². The molecule has 0 fully saturated rings. The third kappa shape index (κ3) is 3.16. The lowest BCUT2D eigenvalue weighted by Gasteiger charge is -2.19. The summed E-state index contributed by atoms with van der Waals surface area (Å²) in [5.74, 6) is 0.0240. The minimum atomic E-state index is -1.84.